The molecule has 1 aromatic rings. The van der Waals surface area contributed by atoms with E-state index >= 15 is 0 Å². The monoisotopic (exact) mass is 275 g/mol. The summed E-state index contributed by atoms with van der Waals surface area (Å²) in [5.41, 5.74) is 7.95. The van der Waals surface area contributed by atoms with Crippen molar-refractivity contribution in [2.45, 2.75) is 44.6 Å². The number of nitrogens with zero attached hydrogens (tertiary/aromatic N) is 1. The standard InChI is InChI=1S/C15H21N3O2/c16-15(19)18-17-11-12-7-9-14(10-8-12)20-13-5-3-1-2-4-6-13/h7-11,13H,1-6H2,(H3,16,18,19). The fraction of sp³-hybridized carbons (Fsp3) is 0.467. The van der Waals surface area contributed by atoms with E-state index in [2.05, 4.69) is 10.5 Å². The van der Waals surface area contributed by atoms with E-state index in [9.17, 15) is 4.79 Å². The number of benzene rings is 1. The number of urea groups is 1. The molecular weight excluding hydrogens is 254 g/mol. The SMILES string of the molecule is NC(=O)NN=Cc1ccc(OC2CCCCCC2)cc1. The Bertz CT molecular complexity index is 449. The first-order chi connectivity index (χ1) is 9.74. The molecule has 0 aliphatic heterocycles. The van der Waals surface area contributed by atoms with Gasteiger partial charge in [0.2, 0.25) is 0 Å². The molecule has 5 nitrogen and oxygen atoms in total. The van der Waals surface area contributed by atoms with Crippen LogP contribution in [0.5, 0.6) is 5.75 Å². The Morgan fingerprint density at radius 1 is 1.20 bits per heavy atom. The van der Waals surface area contributed by atoms with Gasteiger partial charge in [0, 0.05) is 0 Å². The van der Waals surface area contributed by atoms with E-state index in [-0.39, 0.29) is 0 Å². The fourth-order valence-electron chi connectivity index (χ4n) is 2.36. The van der Waals surface area contributed by atoms with Crippen molar-refractivity contribution >= 4 is 12.2 Å². The van der Waals surface area contributed by atoms with Gasteiger partial charge in [0.15, 0.2) is 0 Å². The lowest BCUT2D eigenvalue weighted by Crippen LogP contribution is -2.24. The topological polar surface area (TPSA) is 76.7 Å². The molecule has 0 unspecified atom stereocenters. The Labute approximate surface area is 119 Å². The van der Waals surface area contributed by atoms with Gasteiger partial charge in [-0.1, -0.05) is 12.8 Å². The Morgan fingerprint density at radius 2 is 1.85 bits per heavy atom. The predicted octanol–water partition coefficient (Wildman–Crippen LogP) is 2.79. The van der Waals surface area contributed by atoms with Crippen LogP contribution in [0.3, 0.4) is 0 Å². The summed E-state index contributed by atoms with van der Waals surface area (Å²) < 4.78 is 6.00. The van der Waals surface area contributed by atoms with Gasteiger partial charge in [0.1, 0.15) is 5.75 Å². The summed E-state index contributed by atoms with van der Waals surface area (Å²) in [5.74, 6) is 0.886. The number of ether oxygens (including phenoxy) is 1. The number of hydrogen-bond donors (Lipinski definition) is 2. The van der Waals surface area contributed by atoms with Gasteiger partial charge >= 0.3 is 6.03 Å². The van der Waals surface area contributed by atoms with Crippen LogP contribution in [0, 0.1) is 0 Å². The number of carbonyl (C=O) groups excluding carboxylic acids is 1. The van der Waals surface area contributed by atoms with Crippen molar-refractivity contribution in [2.75, 3.05) is 0 Å². The highest BCUT2D eigenvalue weighted by atomic mass is 16.5. The number of primary amides is 1. The van der Waals surface area contributed by atoms with Gasteiger partial charge < -0.3 is 10.5 Å². The third kappa shape index (κ3) is 4.91. The average molecular weight is 275 g/mol. The van der Waals surface area contributed by atoms with Crippen molar-refractivity contribution in [2.24, 2.45) is 10.8 Å². The van der Waals surface area contributed by atoms with E-state index in [1.165, 1.54) is 25.7 Å². The lowest BCUT2D eigenvalue weighted by atomic mass is 10.1. The summed E-state index contributed by atoms with van der Waals surface area (Å²) in [5, 5.41) is 3.71. The second kappa shape index (κ2) is 7.53. The minimum atomic E-state index is -0.672. The van der Waals surface area contributed by atoms with Gasteiger partial charge in [0.25, 0.3) is 0 Å². The van der Waals surface area contributed by atoms with E-state index in [1.807, 2.05) is 24.3 Å². The Balaban J connectivity index is 1.87. The normalized spacial score (nSPS) is 16.8. The van der Waals surface area contributed by atoms with Crippen LogP contribution in [-0.4, -0.2) is 18.3 Å². The number of hydrazone groups is 1. The van der Waals surface area contributed by atoms with Crippen LogP contribution >= 0.6 is 0 Å². The summed E-state index contributed by atoms with van der Waals surface area (Å²) in [4.78, 5) is 10.5. The summed E-state index contributed by atoms with van der Waals surface area (Å²) in [6.45, 7) is 0. The van der Waals surface area contributed by atoms with E-state index in [0.717, 1.165) is 24.2 Å². The lowest BCUT2D eigenvalue weighted by Gasteiger charge is -2.16. The smallest absolute Gasteiger partial charge is 0.332 e. The minimum Gasteiger partial charge on any atom is -0.490 e. The van der Waals surface area contributed by atoms with Crippen molar-refractivity contribution in [1.82, 2.24) is 5.43 Å². The van der Waals surface area contributed by atoms with Crippen molar-refractivity contribution < 1.29 is 9.53 Å². The number of nitrogens with two attached hydrogens (primary N) is 1. The zero-order valence-electron chi connectivity index (χ0n) is 11.5. The molecule has 0 bridgehead atoms. The average Bonchev–Trinajstić information content (AvgIpc) is 2.69. The van der Waals surface area contributed by atoms with Gasteiger partial charge in [-0.25, -0.2) is 10.2 Å². The van der Waals surface area contributed by atoms with Crippen molar-refractivity contribution in [3.8, 4) is 5.75 Å². The predicted molar refractivity (Wildman–Crippen MR) is 78.9 cm³/mol. The zero-order chi connectivity index (χ0) is 14.2. The van der Waals surface area contributed by atoms with Gasteiger partial charge in [-0.3, -0.25) is 0 Å². The molecule has 1 aromatic carbocycles. The summed E-state index contributed by atoms with van der Waals surface area (Å²) >= 11 is 0. The summed E-state index contributed by atoms with van der Waals surface area (Å²) in [7, 11) is 0. The molecule has 0 heterocycles. The molecule has 0 radical (unpaired) electrons. The van der Waals surface area contributed by atoms with Crippen molar-refractivity contribution in [1.29, 1.82) is 0 Å². The lowest BCUT2D eigenvalue weighted by molar-refractivity contribution is 0.184. The first-order valence-corrected chi connectivity index (χ1v) is 7.09. The maximum absolute atomic E-state index is 10.5. The second-order valence-electron chi connectivity index (χ2n) is 5.03. The molecule has 1 aliphatic carbocycles. The van der Waals surface area contributed by atoms with Gasteiger partial charge in [-0.2, -0.15) is 5.10 Å². The minimum absolute atomic E-state index is 0.341. The number of rotatable bonds is 4. The molecule has 5 heteroatoms. The highest BCUT2D eigenvalue weighted by Crippen LogP contribution is 2.22. The van der Waals surface area contributed by atoms with E-state index < -0.39 is 6.03 Å². The molecule has 2 rings (SSSR count). The zero-order valence-corrected chi connectivity index (χ0v) is 11.5. The molecule has 0 atom stereocenters. The molecular formula is C15H21N3O2. The molecule has 1 fully saturated rings. The van der Waals surface area contributed by atoms with Crippen LogP contribution in [0.2, 0.25) is 0 Å². The third-order valence-electron chi connectivity index (χ3n) is 3.37. The molecule has 0 aromatic heterocycles. The molecule has 0 saturated heterocycles. The first kappa shape index (κ1) is 14.4. The first-order valence-electron chi connectivity index (χ1n) is 7.09. The molecule has 3 N–H and O–H groups in total. The van der Waals surface area contributed by atoms with Crippen molar-refractivity contribution in [3.05, 3.63) is 29.8 Å². The molecule has 108 valence electrons. The van der Waals surface area contributed by atoms with Gasteiger partial charge in [0.05, 0.1) is 12.3 Å². The number of hydrogen-bond acceptors (Lipinski definition) is 3. The van der Waals surface area contributed by atoms with Crippen LogP contribution in [0.1, 0.15) is 44.1 Å². The number of amides is 2. The number of carbonyl (C=O) groups is 1. The molecule has 0 spiro atoms. The van der Waals surface area contributed by atoms with Crippen LogP contribution in [0.25, 0.3) is 0 Å². The quantitative estimate of drug-likeness (QED) is 0.503. The fourth-order valence-corrected chi connectivity index (χ4v) is 2.36. The van der Waals surface area contributed by atoms with E-state index in [1.54, 1.807) is 6.21 Å². The molecule has 20 heavy (non-hydrogen) atoms. The Kier molecular flexibility index (Phi) is 5.41. The van der Waals surface area contributed by atoms with Gasteiger partial charge in [-0.15, -0.1) is 0 Å². The van der Waals surface area contributed by atoms with Crippen LogP contribution in [-0.2, 0) is 0 Å². The summed E-state index contributed by atoms with van der Waals surface area (Å²) in [6.07, 6.45) is 9.33. The number of nitrogens with one attached hydrogen (secondary N) is 1. The highest BCUT2D eigenvalue weighted by molar-refractivity contribution is 5.81. The molecule has 2 amide bonds. The second-order valence-corrected chi connectivity index (χ2v) is 5.03. The van der Waals surface area contributed by atoms with E-state index in [4.69, 9.17) is 10.5 Å². The van der Waals surface area contributed by atoms with Gasteiger partial charge in [-0.05, 0) is 55.5 Å². The molecule has 1 saturated carbocycles. The van der Waals surface area contributed by atoms with Crippen LogP contribution in [0.4, 0.5) is 4.79 Å². The maximum Gasteiger partial charge on any atom is 0.332 e. The largest absolute Gasteiger partial charge is 0.490 e. The Morgan fingerprint density at radius 3 is 2.45 bits per heavy atom. The van der Waals surface area contributed by atoms with Crippen molar-refractivity contribution in [3.63, 3.8) is 0 Å². The maximum atomic E-state index is 10.5. The van der Waals surface area contributed by atoms with Crippen LogP contribution in [0.15, 0.2) is 29.4 Å². The van der Waals surface area contributed by atoms with E-state index in [0.29, 0.717) is 6.10 Å². The molecule has 1 aliphatic rings. The Hall–Kier alpha value is -2.04. The third-order valence-corrected chi connectivity index (χ3v) is 3.37. The summed E-state index contributed by atoms with van der Waals surface area (Å²) in [6, 6.07) is 6.98. The highest BCUT2D eigenvalue weighted by Gasteiger charge is 2.13. The van der Waals surface area contributed by atoms with Crippen LogP contribution < -0.4 is 15.9 Å².